The number of phenols is 1. The molecule has 190 valence electrons. The number of nitrogens with zero attached hydrogens (tertiary/aromatic N) is 4. The van der Waals surface area contributed by atoms with Crippen LogP contribution in [-0.2, 0) is 6.54 Å². The Morgan fingerprint density at radius 3 is 2.61 bits per heavy atom. The fourth-order valence-electron chi connectivity index (χ4n) is 5.47. The van der Waals surface area contributed by atoms with E-state index in [1.165, 1.54) is 12.1 Å². The summed E-state index contributed by atoms with van der Waals surface area (Å²) in [5.41, 5.74) is 10.6. The van der Waals surface area contributed by atoms with Crippen LogP contribution >= 0.6 is 0 Å². The molecule has 6 rings (SSSR count). The minimum absolute atomic E-state index is 0.0971. The van der Waals surface area contributed by atoms with Crippen LogP contribution in [0.25, 0.3) is 16.5 Å². The molecule has 0 aliphatic carbocycles. The fourth-order valence-corrected chi connectivity index (χ4v) is 5.47. The number of aromatic hydroxyl groups is 1. The van der Waals surface area contributed by atoms with Crippen molar-refractivity contribution in [3.8, 4) is 11.4 Å². The van der Waals surface area contributed by atoms with Crippen LogP contribution in [0.4, 0.5) is 4.39 Å². The maximum Gasteiger partial charge on any atom is 0.263 e. The molecule has 3 heterocycles. The Morgan fingerprint density at radius 2 is 1.82 bits per heavy atom. The number of aromatic nitrogens is 1. The molecule has 0 bridgehead atoms. The lowest BCUT2D eigenvalue weighted by Crippen LogP contribution is -2.42. The molecule has 2 unspecified atom stereocenters. The zero-order valence-electron chi connectivity index (χ0n) is 21.0. The molecule has 2 atom stereocenters. The SMILES string of the molecule is Cc1ccccc1-n1c(CN2N=C(c3cc(O)cc(F)c3)C3C(N)=NC=CC32)cc2cccc(C)c2c1=O. The largest absolute Gasteiger partial charge is 0.508 e. The second-order valence-electron chi connectivity index (χ2n) is 9.75. The third-order valence-corrected chi connectivity index (χ3v) is 7.23. The van der Waals surface area contributed by atoms with E-state index in [1.54, 1.807) is 10.8 Å². The molecular weight excluding hydrogens is 481 g/mol. The highest BCUT2D eigenvalue weighted by atomic mass is 19.1. The smallest absolute Gasteiger partial charge is 0.263 e. The quantitative estimate of drug-likeness (QED) is 0.424. The van der Waals surface area contributed by atoms with Crippen LogP contribution in [0.15, 0.2) is 93.9 Å². The van der Waals surface area contributed by atoms with Crippen LogP contribution < -0.4 is 11.3 Å². The number of rotatable bonds is 4. The predicted molar refractivity (Wildman–Crippen MR) is 147 cm³/mol. The van der Waals surface area contributed by atoms with Crippen LogP contribution in [0.2, 0.25) is 0 Å². The predicted octanol–water partition coefficient (Wildman–Crippen LogP) is 4.54. The Morgan fingerprint density at radius 1 is 1.03 bits per heavy atom. The third kappa shape index (κ3) is 3.85. The summed E-state index contributed by atoms with van der Waals surface area (Å²) in [5.74, 6) is -0.842. The van der Waals surface area contributed by atoms with Crippen LogP contribution in [0.1, 0.15) is 22.4 Å². The number of phenolic OH excluding ortho intramolecular Hbond substituents is 1. The van der Waals surface area contributed by atoms with E-state index in [2.05, 4.69) is 4.99 Å². The average molecular weight is 508 g/mol. The first-order valence-corrected chi connectivity index (χ1v) is 12.4. The first kappa shape index (κ1) is 23.7. The number of hydrazone groups is 1. The van der Waals surface area contributed by atoms with Crippen molar-refractivity contribution >= 4 is 22.3 Å². The van der Waals surface area contributed by atoms with E-state index in [9.17, 15) is 14.3 Å². The fraction of sp³-hybridized carbons (Fsp3) is 0.167. The molecule has 0 saturated carbocycles. The van der Waals surface area contributed by atoms with Gasteiger partial charge in [0, 0.05) is 23.5 Å². The van der Waals surface area contributed by atoms with Crippen LogP contribution in [0.3, 0.4) is 0 Å². The normalized spacial score (nSPS) is 18.4. The summed E-state index contributed by atoms with van der Waals surface area (Å²) in [6.07, 6.45) is 3.54. The number of amidine groups is 1. The zero-order chi connectivity index (χ0) is 26.6. The molecule has 3 aromatic carbocycles. The topological polar surface area (TPSA) is 96.2 Å². The van der Waals surface area contributed by atoms with Gasteiger partial charge in [-0.05, 0) is 60.7 Å². The van der Waals surface area contributed by atoms with E-state index in [1.807, 2.05) is 73.5 Å². The van der Waals surface area contributed by atoms with E-state index in [0.717, 1.165) is 34.0 Å². The molecule has 7 nitrogen and oxygen atoms in total. The van der Waals surface area contributed by atoms with Crippen molar-refractivity contribution < 1.29 is 9.50 Å². The molecule has 0 radical (unpaired) electrons. The van der Waals surface area contributed by atoms with Gasteiger partial charge in [0.1, 0.15) is 17.4 Å². The number of pyridine rings is 1. The van der Waals surface area contributed by atoms with Crippen molar-refractivity contribution in [1.82, 2.24) is 9.58 Å². The molecule has 3 N–H and O–H groups in total. The van der Waals surface area contributed by atoms with E-state index < -0.39 is 11.7 Å². The number of nitrogens with two attached hydrogens (primary N) is 1. The summed E-state index contributed by atoms with van der Waals surface area (Å²) in [4.78, 5) is 18.2. The molecule has 0 amide bonds. The van der Waals surface area contributed by atoms with E-state index in [-0.39, 0.29) is 23.9 Å². The van der Waals surface area contributed by atoms with Gasteiger partial charge in [-0.1, -0.05) is 36.4 Å². The molecule has 0 saturated heterocycles. The number of aliphatic imine (C=N–C) groups is 1. The summed E-state index contributed by atoms with van der Waals surface area (Å²) in [5, 5.41) is 18.3. The van der Waals surface area contributed by atoms with Crippen LogP contribution in [0, 0.1) is 25.6 Å². The Kier molecular flexibility index (Phi) is 5.60. The molecule has 0 spiro atoms. The number of halogens is 1. The van der Waals surface area contributed by atoms with Gasteiger partial charge in [0.05, 0.1) is 35.3 Å². The van der Waals surface area contributed by atoms with Crippen LogP contribution in [0.5, 0.6) is 5.75 Å². The van der Waals surface area contributed by atoms with Crippen molar-refractivity contribution in [2.45, 2.75) is 26.4 Å². The molecule has 8 heteroatoms. The number of para-hydroxylation sites is 1. The lowest BCUT2D eigenvalue weighted by molar-refractivity contribution is 0.239. The Balaban J connectivity index is 1.53. The summed E-state index contributed by atoms with van der Waals surface area (Å²) in [7, 11) is 0. The van der Waals surface area contributed by atoms with E-state index in [4.69, 9.17) is 10.8 Å². The minimum atomic E-state index is -0.571. The summed E-state index contributed by atoms with van der Waals surface area (Å²) in [6.45, 7) is 4.21. The highest BCUT2D eigenvalue weighted by Gasteiger charge is 2.41. The second-order valence-corrected chi connectivity index (χ2v) is 9.75. The Bertz CT molecular complexity index is 1730. The summed E-state index contributed by atoms with van der Waals surface area (Å²) >= 11 is 0. The number of hydrogen-bond acceptors (Lipinski definition) is 6. The highest BCUT2D eigenvalue weighted by molar-refractivity contribution is 6.16. The molecule has 38 heavy (non-hydrogen) atoms. The lowest BCUT2D eigenvalue weighted by Gasteiger charge is -2.28. The van der Waals surface area contributed by atoms with Crippen molar-refractivity contribution in [2.24, 2.45) is 21.7 Å². The molecule has 1 aromatic heterocycles. The van der Waals surface area contributed by atoms with Gasteiger partial charge in [-0.3, -0.25) is 14.4 Å². The van der Waals surface area contributed by atoms with Gasteiger partial charge in [0.15, 0.2) is 0 Å². The number of aryl methyl sites for hydroxylation is 2. The minimum Gasteiger partial charge on any atom is -0.508 e. The molecular formula is C30H26FN5O2. The van der Waals surface area contributed by atoms with E-state index >= 15 is 0 Å². The Hall–Kier alpha value is -4.72. The summed E-state index contributed by atoms with van der Waals surface area (Å²) in [6, 6.07) is 19.2. The molecule has 2 aliphatic heterocycles. The van der Waals surface area contributed by atoms with Crippen LogP contribution in [-0.4, -0.2) is 32.3 Å². The molecule has 0 fully saturated rings. The molecule has 2 aliphatic rings. The second kappa shape index (κ2) is 8.99. The van der Waals surface area contributed by atoms with Gasteiger partial charge in [0.25, 0.3) is 5.56 Å². The van der Waals surface area contributed by atoms with Crippen molar-refractivity contribution in [3.05, 3.63) is 118 Å². The van der Waals surface area contributed by atoms with Gasteiger partial charge in [-0.25, -0.2) is 9.38 Å². The van der Waals surface area contributed by atoms with Gasteiger partial charge in [-0.2, -0.15) is 5.10 Å². The maximum absolute atomic E-state index is 14.2. The number of fused-ring (bicyclic) bond motifs is 2. The average Bonchev–Trinajstić information content (AvgIpc) is 3.24. The van der Waals surface area contributed by atoms with Crippen molar-refractivity contribution in [3.63, 3.8) is 0 Å². The lowest BCUT2D eigenvalue weighted by atomic mass is 9.88. The van der Waals surface area contributed by atoms with E-state index in [0.29, 0.717) is 22.5 Å². The van der Waals surface area contributed by atoms with Crippen molar-refractivity contribution in [2.75, 3.05) is 0 Å². The van der Waals surface area contributed by atoms with Crippen molar-refractivity contribution in [1.29, 1.82) is 0 Å². The number of hydrogen-bond donors (Lipinski definition) is 2. The monoisotopic (exact) mass is 507 g/mol. The maximum atomic E-state index is 14.2. The van der Waals surface area contributed by atoms with Gasteiger partial charge >= 0.3 is 0 Å². The van der Waals surface area contributed by atoms with Gasteiger partial charge in [-0.15, -0.1) is 0 Å². The standard InChI is InChI=1S/C30H26FN5O2/c1-17-6-3-4-9-24(17)36-22(13-19-8-5-7-18(2)26(19)30(36)38)16-35-25-10-11-33-29(32)27(25)28(34-35)20-12-21(31)15-23(37)14-20/h3-15,25,27,37H,16H2,1-2H3,(H2,32,33). The third-order valence-electron chi connectivity index (χ3n) is 7.23. The first-order valence-electron chi connectivity index (χ1n) is 12.4. The first-order chi connectivity index (χ1) is 18.3. The highest BCUT2D eigenvalue weighted by Crippen LogP contribution is 2.33. The van der Waals surface area contributed by atoms with Gasteiger partial charge in [0.2, 0.25) is 0 Å². The Labute approximate surface area is 218 Å². The van der Waals surface area contributed by atoms with Gasteiger partial charge < -0.3 is 10.8 Å². The molecule has 4 aromatic rings. The zero-order valence-corrected chi connectivity index (χ0v) is 21.0. The number of benzene rings is 3. The summed E-state index contributed by atoms with van der Waals surface area (Å²) < 4.78 is 16.0.